The summed E-state index contributed by atoms with van der Waals surface area (Å²) in [6.07, 6.45) is 1.83. The number of aliphatic imine (C=N–C) groups is 2. The first-order valence-corrected chi connectivity index (χ1v) is 7.57. The van der Waals surface area contributed by atoms with Crippen molar-refractivity contribution in [3.8, 4) is 0 Å². The molecule has 0 amide bonds. The molecule has 0 spiro atoms. The number of hydrogen-bond donors (Lipinski definition) is 0. The molecule has 1 heterocycles. The van der Waals surface area contributed by atoms with Crippen molar-refractivity contribution in [1.29, 1.82) is 0 Å². The van der Waals surface area contributed by atoms with Crippen molar-refractivity contribution in [2.45, 2.75) is 65.5 Å². The molecule has 0 atom stereocenters. The molecule has 131 valence electrons. The first-order chi connectivity index (χ1) is 9.20. The quantitative estimate of drug-likeness (QED) is 0.651. The molecule has 1 rings (SSSR count). The molecule has 0 fully saturated rings. The van der Waals surface area contributed by atoms with Crippen molar-refractivity contribution < 1.29 is 22.3 Å². The molecule has 22 heavy (non-hydrogen) atoms. The van der Waals surface area contributed by atoms with E-state index in [1.807, 2.05) is 0 Å². The van der Waals surface area contributed by atoms with Gasteiger partial charge in [-0.15, -0.1) is 24.2 Å². The molecule has 0 aromatic heterocycles. The van der Waals surface area contributed by atoms with Crippen LogP contribution in [0.15, 0.2) is 9.98 Å². The van der Waals surface area contributed by atoms with Gasteiger partial charge in [-0.3, -0.25) is 9.98 Å². The summed E-state index contributed by atoms with van der Waals surface area (Å²) in [6.45, 7) is 16.0. The Hall–Kier alpha value is -0.274. The molecule has 1 aliphatic heterocycles. The summed E-state index contributed by atoms with van der Waals surface area (Å²) in [5, 5.41) is 9.51. The van der Waals surface area contributed by atoms with Crippen LogP contribution < -0.4 is 0 Å². The number of rotatable bonds is 0. The van der Waals surface area contributed by atoms with Crippen LogP contribution in [0.1, 0.15) is 54.4 Å². The normalized spacial score (nSPS) is 23.0. The van der Waals surface area contributed by atoms with Gasteiger partial charge in [-0.05, 0) is 26.7 Å². The summed E-state index contributed by atoms with van der Waals surface area (Å²) < 4.78 is 0. The monoisotopic (exact) mass is 354 g/mol. The van der Waals surface area contributed by atoms with E-state index < -0.39 is 0 Å². The van der Waals surface area contributed by atoms with Crippen molar-refractivity contribution >= 4 is 11.4 Å². The van der Waals surface area contributed by atoms with E-state index in [0.29, 0.717) is 0 Å². The van der Waals surface area contributed by atoms with Gasteiger partial charge in [0.1, 0.15) is 0 Å². The van der Waals surface area contributed by atoms with Gasteiger partial charge >= 0.3 is 16.8 Å². The molecular formula is C16H31CoN4O-. The second-order valence-corrected chi connectivity index (χ2v) is 6.98. The SMILES string of the molecule is CC1=NCC[N-]C(C)(C)CC(C)=NCC[N-]C(C)(C)C1.[Co+2].[OH-]. The van der Waals surface area contributed by atoms with Gasteiger partial charge in [0, 0.05) is 24.5 Å². The van der Waals surface area contributed by atoms with Crippen molar-refractivity contribution in [1.82, 2.24) is 0 Å². The average Bonchev–Trinajstić information content (AvgIpc) is 2.28. The van der Waals surface area contributed by atoms with Gasteiger partial charge in [-0.2, -0.15) is 0 Å². The molecule has 0 bridgehead atoms. The molecule has 0 aromatic rings. The Morgan fingerprint density at radius 2 is 1.09 bits per heavy atom. The number of hydrogen-bond acceptors (Lipinski definition) is 3. The predicted octanol–water partition coefficient (Wildman–Crippen LogP) is 3.83. The maximum absolute atomic E-state index is 4.75. The molecular weight excluding hydrogens is 323 g/mol. The van der Waals surface area contributed by atoms with E-state index in [2.05, 4.69) is 51.5 Å². The van der Waals surface area contributed by atoms with Crippen LogP contribution in [0, 0.1) is 0 Å². The minimum atomic E-state index is -0.0441. The van der Waals surface area contributed by atoms with Crippen molar-refractivity contribution in [2.24, 2.45) is 9.98 Å². The van der Waals surface area contributed by atoms with Crippen LogP contribution in [-0.4, -0.2) is 54.2 Å². The summed E-state index contributed by atoms with van der Waals surface area (Å²) in [5.41, 5.74) is 2.25. The van der Waals surface area contributed by atoms with E-state index in [9.17, 15) is 0 Å². The molecule has 0 saturated heterocycles. The van der Waals surface area contributed by atoms with E-state index >= 15 is 0 Å². The number of nitrogens with zero attached hydrogens (tertiary/aromatic N) is 4. The Kier molecular flexibility index (Phi) is 11.4. The first kappa shape index (κ1) is 24.0. The largest absolute Gasteiger partial charge is 2.00 e. The molecule has 6 heteroatoms. The zero-order valence-corrected chi connectivity index (χ0v) is 15.9. The molecule has 0 aliphatic carbocycles. The first-order valence-electron chi connectivity index (χ1n) is 7.57. The van der Waals surface area contributed by atoms with Crippen LogP contribution in [0.4, 0.5) is 0 Å². The van der Waals surface area contributed by atoms with E-state index in [4.69, 9.17) is 10.6 Å². The van der Waals surface area contributed by atoms with Gasteiger partial charge < -0.3 is 16.1 Å². The summed E-state index contributed by atoms with van der Waals surface area (Å²) in [4.78, 5) is 9.25. The topological polar surface area (TPSA) is 82.9 Å². The molecule has 0 unspecified atom stereocenters. The molecule has 1 aliphatic rings. The van der Waals surface area contributed by atoms with Crippen molar-refractivity contribution in [2.75, 3.05) is 26.2 Å². The smallest absolute Gasteiger partial charge is 0.870 e. The van der Waals surface area contributed by atoms with Crippen molar-refractivity contribution in [3.05, 3.63) is 10.6 Å². The van der Waals surface area contributed by atoms with Gasteiger partial charge in [-0.1, -0.05) is 27.7 Å². The molecule has 1 radical (unpaired) electrons. The third kappa shape index (κ3) is 10.5. The third-order valence-electron chi connectivity index (χ3n) is 3.42. The van der Waals surface area contributed by atoms with Crippen LogP contribution in [0.3, 0.4) is 0 Å². The van der Waals surface area contributed by atoms with Crippen LogP contribution in [-0.2, 0) is 16.8 Å². The zero-order valence-electron chi connectivity index (χ0n) is 14.8. The maximum atomic E-state index is 4.75. The van der Waals surface area contributed by atoms with Crippen LogP contribution in [0.5, 0.6) is 0 Å². The van der Waals surface area contributed by atoms with E-state index in [1.165, 1.54) is 11.4 Å². The van der Waals surface area contributed by atoms with E-state index in [0.717, 1.165) is 39.0 Å². The van der Waals surface area contributed by atoms with Gasteiger partial charge in [0.2, 0.25) is 0 Å². The standard InChI is InChI=1S/C16H30N4.Co.H2O/c1-13-11-15(3,4)19-10-8-18-14(2)12-16(5,6)20-9-7-17-13;;/h7-12H2,1-6H3;;1H2/q-2;+2;/p-1. The predicted molar refractivity (Wildman–Crippen MR) is 91.7 cm³/mol. The third-order valence-corrected chi connectivity index (χ3v) is 3.42. The Bertz CT molecular complexity index is 342. The summed E-state index contributed by atoms with van der Waals surface area (Å²) in [6, 6.07) is 0. The van der Waals surface area contributed by atoms with Crippen LogP contribution in [0.25, 0.3) is 10.6 Å². The maximum Gasteiger partial charge on any atom is 2.00 e. The van der Waals surface area contributed by atoms with Crippen LogP contribution in [0.2, 0.25) is 0 Å². The van der Waals surface area contributed by atoms with Gasteiger partial charge in [0.25, 0.3) is 0 Å². The van der Waals surface area contributed by atoms with E-state index in [-0.39, 0.29) is 33.3 Å². The Morgan fingerprint density at radius 3 is 1.41 bits per heavy atom. The molecule has 1 N–H and O–H groups in total. The average molecular weight is 354 g/mol. The van der Waals surface area contributed by atoms with Gasteiger partial charge in [0.05, 0.1) is 0 Å². The second-order valence-electron chi connectivity index (χ2n) is 6.98. The van der Waals surface area contributed by atoms with Crippen LogP contribution >= 0.6 is 0 Å². The summed E-state index contributed by atoms with van der Waals surface area (Å²) in [7, 11) is 0. The summed E-state index contributed by atoms with van der Waals surface area (Å²) in [5.74, 6) is 0. The summed E-state index contributed by atoms with van der Waals surface area (Å²) >= 11 is 0. The fourth-order valence-electron chi connectivity index (χ4n) is 2.66. The zero-order chi connectivity index (χ0) is 15.2. The Labute approximate surface area is 146 Å². The minimum absolute atomic E-state index is 0. The second kappa shape index (κ2) is 10.5. The molecule has 0 saturated carbocycles. The van der Waals surface area contributed by atoms with Crippen molar-refractivity contribution in [3.63, 3.8) is 0 Å². The molecule has 0 aromatic carbocycles. The fraction of sp³-hybridized carbons (Fsp3) is 0.875. The Balaban J connectivity index is 0. The fourth-order valence-corrected chi connectivity index (χ4v) is 2.66. The van der Waals surface area contributed by atoms with Gasteiger partial charge in [0.15, 0.2) is 0 Å². The van der Waals surface area contributed by atoms with E-state index in [1.54, 1.807) is 0 Å². The molecule has 5 nitrogen and oxygen atoms in total. The minimum Gasteiger partial charge on any atom is -0.870 e. The van der Waals surface area contributed by atoms with Gasteiger partial charge in [-0.25, -0.2) is 0 Å². The Morgan fingerprint density at radius 1 is 0.773 bits per heavy atom.